The second-order valence-electron chi connectivity index (χ2n) is 7.87. The van der Waals surface area contributed by atoms with Crippen LogP contribution in [0.1, 0.15) is 112 Å². The number of unbranched alkanes of at least 4 members (excludes halogenated alkanes) is 8. The number of quaternary nitrogens is 1. The van der Waals surface area contributed by atoms with Crippen LogP contribution in [0.3, 0.4) is 0 Å². The van der Waals surface area contributed by atoms with Crippen LogP contribution in [-0.4, -0.2) is 41.8 Å². The summed E-state index contributed by atoms with van der Waals surface area (Å²) in [5.74, 6) is 0. The fourth-order valence-corrected chi connectivity index (χ4v) is 4.63. The lowest BCUT2D eigenvalue weighted by Gasteiger charge is -2.49. The van der Waals surface area contributed by atoms with Crippen molar-refractivity contribution < 1.29 is 17.0 Å². The van der Waals surface area contributed by atoms with Gasteiger partial charge in [0.15, 0.2) is 0 Å². The first-order valence-corrected chi connectivity index (χ1v) is 11.9. The first-order chi connectivity index (χ1) is 12.7. The van der Waals surface area contributed by atoms with E-state index in [0.29, 0.717) is 0 Å². The quantitative estimate of drug-likeness (QED) is 0.142. The van der Waals surface area contributed by atoms with E-state index in [2.05, 4.69) is 58.7 Å². The molecule has 0 heterocycles. The number of rotatable bonds is 18. The van der Waals surface area contributed by atoms with Crippen molar-refractivity contribution in [2.75, 3.05) is 26.2 Å². The summed E-state index contributed by atoms with van der Waals surface area (Å²) in [4.78, 5) is 0. The summed E-state index contributed by atoms with van der Waals surface area (Å²) in [6, 6.07) is 0.764. The van der Waals surface area contributed by atoms with E-state index in [-0.39, 0.29) is 12.4 Å². The number of hydrogen-bond acceptors (Lipinski definition) is 1. The maximum Gasteiger partial charge on any atom is 0.115 e. The molecular weight excluding hydrogens is 352 g/mol. The molecule has 2 nitrogen and oxygen atoms in total. The van der Waals surface area contributed by atoms with Crippen LogP contribution in [0, 0.1) is 0 Å². The zero-order valence-electron chi connectivity index (χ0n) is 19.6. The van der Waals surface area contributed by atoms with Crippen LogP contribution in [-0.2, 0) is 0 Å². The highest BCUT2D eigenvalue weighted by Gasteiger charge is 2.38. The molecule has 2 atom stereocenters. The lowest BCUT2D eigenvalue weighted by atomic mass is 10.0. The van der Waals surface area contributed by atoms with Gasteiger partial charge in [0.05, 0.1) is 6.54 Å². The molecule has 0 rings (SSSR count). The van der Waals surface area contributed by atoms with Gasteiger partial charge in [0.25, 0.3) is 0 Å². The van der Waals surface area contributed by atoms with Crippen molar-refractivity contribution in [2.45, 2.75) is 118 Å². The Balaban J connectivity index is 0. The van der Waals surface area contributed by atoms with E-state index in [1.54, 1.807) is 0 Å². The molecule has 0 aromatic heterocycles. The first kappa shape index (κ1) is 29.2. The molecular formula is C24H51ClN2. The first-order valence-electron chi connectivity index (χ1n) is 11.9. The fourth-order valence-electron chi connectivity index (χ4n) is 4.63. The molecule has 0 saturated carbocycles. The van der Waals surface area contributed by atoms with Crippen molar-refractivity contribution in [3.63, 3.8) is 0 Å². The smallest absolute Gasteiger partial charge is 0.115 e. The third-order valence-corrected chi connectivity index (χ3v) is 6.29. The van der Waals surface area contributed by atoms with Crippen molar-refractivity contribution >= 4 is 0 Å². The molecule has 0 saturated heterocycles. The van der Waals surface area contributed by atoms with Gasteiger partial charge in [0.2, 0.25) is 0 Å². The summed E-state index contributed by atoms with van der Waals surface area (Å²) in [6.45, 7) is 18.6. The normalized spacial score (nSPS) is 15.1. The average Bonchev–Trinajstić information content (AvgIpc) is 2.67. The number of halogens is 1. The monoisotopic (exact) mass is 402 g/mol. The van der Waals surface area contributed by atoms with Gasteiger partial charge in [0.1, 0.15) is 12.6 Å². The summed E-state index contributed by atoms with van der Waals surface area (Å²) in [6.07, 6.45) is 20.1. The largest absolute Gasteiger partial charge is 1.00 e. The molecule has 2 unspecified atom stereocenters. The Morgan fingerprint density at radius 3 is 1.70 bits per heavy atom. The Bertz CT molecular complexity index is 328. The van der Waals surface area contributed by atoms with E-state index >= 15 is 0 Å². The number of likely N-dealkylation sites (N-methyl/N-ethyl adjacent to an activating group) is 1. The van der Waals surface area contributed by atoms with Gasteiger partial charge in [-0.3, -0.25) is 0 Å². The second kappa shape index (κ2) is 19.3. The number of hydrogen-bond donors (Lipinski definition) is 0. The van der Waals surface area contributed by atoms with Crippen molar-refractivity contribution in [2.24, 2.45) is 0 Å². The lowest BCUT2D eigenvalue weighted by molar-refractivity contribution is -1.05. The third kappa shape index (κ3) is 10.9. The molecule has 164 valence electrons. The van der Waals surface area contributed by atoms with E-state index in [1.165, 1.54) is 77.2 Å². The van der Waals surface area contributed by atoms with E-state index in [0.717, 1.165) is 30.3 Å². The molecule has 27 heavy (non-hydrogen) atoms. The van der Waals surface area contributed by atoms with Crippen LogP contribution in [0.2, 0.25) is 0 Å². The van der Waals surface area contributed by atoms with Gasteiger partial charge in [0, 0.05) is 19.5 Å². The van der Waals surface area contributed by atoms with Gasteiger partial charge >= 0.3 is 0 Å². The van der Waals surface area contributed by atoms with Gasteiger partial charge in [-0.2, -0.15) is 5.01 Å². The summed E-state index contributed by atoms with van der Waals surface area (Å²) < 4.78 is 1.16. The van der Waals surface area contributed by atoms with Crippen molar-refractivity contribution in [1.82, 2.24) is 5.01 Å². The molecule has 0 aliphatic heterocycles. The summed E-state index contributed by atoms with van der Waals surface area (Å²) in [5, 5.41) is 2.70. The predicted octanol–water partition coefficient (Wildman–Crippen LogP) is 4.36. The topological polar surface area (TPSA) is 3.24 Å². The molecule has 0 bridgehead atoms. The van der Waals surface area contributed by atoms with E-state index < -0.39 is 0 Å². The molecule has 0 aromatic carbocycles. The Kier molecular flexibility index (Phi) is 20.8. The minimum Gasteiger partial charge on any atom is -1.00 e. The Morgan fingerprint density at radius 2 is 1.30 bits per heavy atom. The molecule has 0 aliphatic carbocycles. The van der Waals surface area contributed by atoms with Crippen LogP contribution in [0.25, 0.3) is 0 Å². The highest BCUT2D eigenvalue weighted by atomic mass is 35.5. The second-order valence-corrected chi connectivity index (χ2v) is 7.87. The Labute approximate surface area is 178 Å². The SMILES string of the molecule is C/C=C/C[N+](CC)(C(CC)CCCCCCCCCCC)N(CC)CC.[Cl-]. The fraction of sp³-hybridized carbons (Fsp3) is 0.917. The molecule has 0 N–H and O–H groups in total. The van der Waals surface area contributed by atoms with Crippen LogP contribution in [0.15, 0.2) is 12.2 Å². The zero-order valence-corrected chi connectivity index (χ0v) is 20.4. The highest BCUT2D eigenvalue weighted by Crippen LogP contribution is 2.26. The molecule has 0 fully saturated rings. The van der Waals surface area contributed by atoms with Gasteiger partial charge in [-0.25, -0.2) is 4.59 Å². The summed E-state index contributed by atoms with van der Waals surface area (Å²) in [5.41, 5.74) is 0. The number of allylic oxidation sites excluding steroid dienone is 1. The maximum absolute atomic E-state index is 2.70. The standard InChI is InChI=1S/C24H51N2.ClH/c1-7-13-15-16-17-18-19-20-21-22-24(9-3)26(12-6,23-14-8-2)25(10-4)11-5;/h8,14,24H,7,9-13,15-23H2,1-6H3;1H/q+1;/p-1/b14-8+;. The van der Waals surface area contributed by atoms with Gasteiger partial charge in [-0.15, -0.1) is 0 Å². The molecule has 3 heteroatoms. The van der Waals surface area contributed by atoms with Gasteiger partial charge < -0.3 is 12.4 Å². The van der Waals surface area contributed by atoms with Crippen LogP contribution in [0.5, 0.6) is 0 Å². The minimum absolute atomic E-state index is 0. The van der Waals surface area contributed by atoms with Crippen LogP contribution < -0.4 is 12.4 Å². The van der Waals surface area contributed by atoms with E-state index in [1.807, 2.05) is 0 Å². The van der Waals surface area contributed by atoms with Crippen LogP contribution in [0.4, 0.5) is 0 Å². The molecule has 0 aromatic rings. The van der Waals surface area contributed by atoms with E-state index in [4.69, 9.17) is 0 Å². The number of nitrogens with zero attached hydrogens (tertiary/aromatic N) is 2. The zero-order chi connectivity index (χ0) is 19.7. The molecule has 0 aliphatic rings. The summed E-state index contributed by atoms with van der Waals surface area (Å²) in [7, 11) is 0. The minimum atomic E-state index is 0. The average molecular weight is 403 g/mol. The van der Waals surface area contributed by atoms with Crippen molar-refractivity contribution in [3.8, 4) is 0 Å². The summed E-state index contributed by atoms with van der Waals surface area (Å²) >= 11 is 0. The molecule has 0 radical (unpaired) electrons. The molecule has 0 spiro atoms. The highest BCUT2D eigenvalue weighted by molar-refractivity contribution is 4.78. The maximum atomic E-state index is 2.70. The lowest BCUT2D eigenvalue weighted by Crippen LogP contribution is -3.00. The molecule has 0 amide bonds. The predicted molar refractivity (Wildman–Crippen MR) is 119 cm³/mol. The van der Waals surface area contributed by atoms with Crippen molar-refractivity contribution in [3.05, 3.63) is 12.2 Å². The third-order valence-electron chi connectivity index (χ3n) is 6.29. The Hall–Kier alpha value is -0.0500. The van der Waals surface area contributed by atoms with Gasteiger partial charge in [-0.05, 0) is 46.6 Å². The Morgan fingerprint density at radius 1 is 0.778 bits per heavy atom. The van der Waals surface area contributed by atoms with Crippen LogP contribution >= 0.6 is 0 Å². The van der Waals surface area contributed by atoms with Gasteiger partial charge in [-0.1, -0.05) is 71.3 Å². The van der Waals surface area contributed by atoms with E-state index in [9.17, 15) is 0 Å². The van der Waals surface area contributed by atoms with Crippen molar-refractivity contribution in [1.29, 1.82) is 0 Å².